The molecule has 2 heterocycles. The van der Waals surface area contributed by atoms with Crippen LogP contribution in [0.5, 0.6) is 0 Å². The minimum absolute atomic E-state index is 0.377. The van der Waals surface area contributed by atoms with E-state index in [1.54, 1.807) is 23.8 Å². The lowest BCUT2D eigenvalue weighted by molar-refractivity contribution is -0.104. The van der Waals surface area contributed by atoms with Crippen LogP contribution in [0, 0.1) is 0 Å². The zero-order valence-electron chi connectivity index (χ0n) is 14.7. The highest BCUT2D eigenvalue weighted by Gasteiger charge is 2.23. The molecule has 136 valence electrons. The molecule has 0 fully saturated rings. The monoisotopic (exact) mass is 362 g/mol. The van der Waals surface area contributed by atoms with Crippen LogP contribution in [0.25, 0.3) is 22.3 Å². The summed E-state index contributed by atoms with van der Waals surface area (Å²) >= 11 is 0. The SMILES string of the molecule is Nc1cnc2nc(-c3ccc(C(=O)NO)cc3)c3c(c2c1C=[NH2+])CCCC3. The highest BCUT2D eigenvalue weighted by molar-refractivity contribution is 6.03. The van der Waals surface area contributed by atoms with E-state index in [0.717, 1.165) is 47.9 Å². The van der Waals surface area contributed by atoms with Crippen LogP contribution in [0.1, 0.15) is 39.9 Å². The number of amides is 1. The smallest absolute Gasteiger partial charge is 0.274 e. The number of hydroxylamine groups is 1. The van der Waals surface area contributed by atoms with Crippen molar-refractivity contribution in [1.82, 2.24) is 15.4 Å². The van der Waals surface area contributed by atoms with Crippen LogP contribution >= 0.6 is 0 Å². The van der Waals surface area contributed by atoms with Gasteiger partial charge in [0.05, 0.1) is 23.1 Å². The summed E-state index contributed by atoms with van der Waals surface area (Å²) in [5.41, 5.74) is 14.2. The van der Waals surface area contributed by atoms with Gasteiger partial charge in [-0.15, -0.1) is 0 Å². The van der Waals surface area contributed by atoms with Crippen molar-refractivity contribution in [2.75, 3.05) is 5.73 Å². The Morgan fingerprint density at radius 1 is 1.19 bits per heavy atom. The molecule has 0 unspecified atom stereocenters. The van der Waals surface area contributed by atoms with Crippen LogP contribution in [0.2, 0.25) is 0 Å². The van der Waals surface area contributed by atoms with E-state index in [4.69, 9.17) is 21.3 Å². The summed E-state index contributed by atoms with van der Waals surface area (Å²) in [6.45, 7) is 0. The molecule has 0 atom stereocenters. The van der Waals surface area contributed by atoms with E-state index in [0.29, 0.717) is 16.9 Å². The number of rotatable bonds is 3. The zero-order chi connectivity index (χ0) is 19.0. The fourth-order valence-electron chi connectivity index (χ4n) is 3.79. The van der Waals surface area contributed by atoms with Crippen molar-refractivity contribution in [3.8, 4) is 11.3 Å². The molecule has 0 spiro atoms. The van der Waals surface area contributed by atoms with Gasteiger partial charge in [-0.3, -0.25) is 15.4 Å². The van der Waals surface area contributed by atoms with Gasteiger partial charge >= 0.3 is 0 Å². The molecule has 2 aromatic heterocycles. The Labute approximate surface area is 155 Å². The molecule has 7 heteroatoms. The number of anilines is 1. The minimum atomic E-state index is -0.546. The standard InChI is InChI=1S/C20H19N5O2/c21-9-15-16(22)10-23-19-17(15)13-3-1-2-4-14(13)18(24-19)11-5-7-12(8-6-11)20(26)25-27/h5-10,21,27H,1-4,22H2,(H,25,26)/p+1. The van der Waals surface area contributed by atoms with Gasteiger partial charge in [0.25, 0.3) is 5.91 Å². The lowest BCUT2D eigenvalue weighted by Gasteiger charge is -2.22. The van der Waals surface area contributed by atoms with Crippen LogP contribution in [0.4, 0.5) is 5.69 Å². The molecule has 0 bridgehead atoms. The van der Waals surface area contributed by atoms with Crippen molar-refractivity contribution < 1.29 is 15.4 Å². The van der Waals surface area contributed by atoms with Crippen LogP contribution in [0.3, 0.4) is 0 Å². The van der Waals surface area contributed by atoms with Crippen LogP contribution in [0.15, 0.2) is 30.5 Å². The Hall–Kier alpha value is -3.32. The number of carbonyl (C=O) groups is 1. The summed E-state index contributed by atoms with van der Waals surface area (Å²) < 4.78 is 0. The second-order valence-electron chi connectivity index (χ2n) is 6.64. The Balaban J connectivity index is 1.95. The van der Waals surface area contributed by atoms with Crippen LogP contribution in [-0.2, 0) is 12.8 Å². The topological polar surface area (TPSA) is 127 Å². The molecular formula is C20H20N5O2+. The van der Waals surface area contributed by atoms with Gasteiger partial charge < -0.3 is 5.73 Å². The molecule has 1 amide bonds. The maximum absolute atomic E-state index is 11.6. The zero-order valence-corrected chi connectivity index (χ0v) is 14.7. The van der Waals surface area contributed by atoms with Crippen molar-refractivity contribution >= 4 is 28.8 Å². The van der Waals surface area contributed by atoms with E-state index in [2.05, 4.69) is 4.98 Å². The molecule has 0 saturated carbocycles. The van der Waals surface area contributed by atoms with Crippen molar-refractivity contribution in [2.45, 2.75) is 25.7 Å². The lowest BCUT2D eigenvalue weighted by Crippen LogP contribution is -2.30. The summed E-state index contributed by atoms with van der Waals surface area (Å²) in [6.07, 6.45) is 7.15. The number of hydrogen-bond donors (Lipinski definition) is 4. The molecule has 4 rings (SSSR count). The molecule has 7 nitrogen and oxygen atoms in total. The summed E-state index contributed by atoms with van der Waals surface area (Å²) in [6, 6.07) is 7.00. The summed E-state index contributed by atoms with van der Waals surface area (Å²) in [7, 11) is 0. The van der Waals surface area contributed by atoms with Crippen LogP contribution < -0.4 is 16.6 Å². The van der Waals surface area contributed by atoms with Gasteiger partial charge in [0, 0.05) is 16.5 Å². The highest BCUT2D eigenvalue weighted by Crippen LogP contribution is 2.36. The summed E-state index contributed by atoms with van der Waals surface area (Å²) in [5.74, 6) is -0.546. The third-order valence-electron chi connectivity index (χ3n) is 5.09. The average molecular weight is 362 g/mol. The number of nitrogens with two attached hydrogens (primary N) is 2. The Bertz CT molecular complexity index is 1060. The second-order valence-corrected chi connectivity index (χ2v) is 6.64. The van der Waals surface area contributed by atoms with Gasteiger partial charge in [-0.2, -0.15) is 0 Å². The molecule has 6 N–H and O–H groups in total. The first-order valence-corrected chi connectivity index (χ1v) is 8.83. The third kappa shape index (κ3) is 2.82. The highest BCUT2D eigenvalue weighted by atomic mass is 16.5. The molecule has 1 aromatic carbocycles. The predicted octanol–water partition coefficient (Wildman–Crippen LogP) is 1.05. The first kappa shape index (κ1) is 17.1. The number of aryl methyl sites for hydroxylation is 1. The second kappa shape index (κ2) is 6.77. The Morgan fingerprint density at radius 2 is 1.89 bits per heavy atom. The summed E-state index contributed by atoms with van der Waals surface area (Å²) in [4.78, 5) is 20.8. The number of carbonyl (C=O) groups excluding carboxylic acids is 1. The molecule has 0 radical (unpaired) electrons. The number of pyridine rings is 2. The number of benzene rings is 1. The molecule has 0 aliphatic heterocycles. The largest absolute Gasteiger partial charge is 0.397 e. The van der Waals surface area contributed by atoms with Gasteiger partial charge in [0.1, 0.15) is 0 Å². The van der Waals surface area contributed by atoms with E-state index in [1.807, 2.05) is 12.1 Å². The normalized spacial score (nSPS) is 13.2. The number of hydrogen-bond acceptors (Lipinski definition) is 5. The van der Waals surface area contributed by atoms with E-state index >= 15 is 0 Å². The molecule has 3 aromatic rings. The quantitative estimate of drug-likeness (QED) is 0.315. The predicted molar refractivity (Wildman–Crippen MR) is 102 cm³/mol. The third-order valence-corrected chi connectivity index (χ3v) is 5.09. The molecular weight excluding hydrogens is 342 g/mol. The first-order valence-electron chi connectivity index (χ1n) is 8.83. The summed E-state index contributed by atoms with van der Waals surface area (Å²) in [5, 5.41) is 15.6. The molecule has 0 saturated heterocycles. The fraction of sp³-hybridized carbons (Fsp3) is 0.200. The van der Waals surface area contributed by atoms with Crippen LogP contribution in [-0.4, -0.2) is 27.3 Å². The molecule has 1 aliphatic rings. The van der Waals surface area contributed by atoms with Gasteiger partial charge in [-0.05, 0) is 48.9 Å². The van der Waals surface area contributed by atoms with Gasteiger partial charge in [0.2, 0.25) is 0 Å². The van der Waals surface area contributed by atoms with E-state index < -0.39 is 5.91 Å². The number of fused-ring (bicyclic) bond motifs is 3. The van der Waals surface area contributed by atoms with Gasteiger partial charge in [-0.1, -0.05) is 12.1 Å². The minimum Gasteiger partial charge on any atom is -0.397 e. The molecule has 27 heavy (non-hydrogen) atoms. The Kier molecular flexibility index (Phi) is 4.29. The number of aromatic nitrogens is 2. The van der Waals surface area contributed by atoms with Crippen molar-refractivity contribution in [3.05, 3.63) is 52.7 Å². The van der Waals surface area contributed by atoms with Crippen molar-refractivity contribution in [1.29, 1.82) is 0 Å². The maximum atomic E-state index is 11.6. The van der Waals surface area contributed by atoms with Gasteiger partial charge in [-0.25, -0.2) is 15.4 Å². The fourth-order valence-corrected chi connectivity index (χ4v) is 3.79. The van der Waals surface area contributed by atoms with Crippen molar-refractivity contribution in [3.63, 3.8) is 0 Å². The number of nitrogens with one attached hydrogen (secondary N) is 1. The average Bonchev–Trinajstić information content (AvgIpc) is 2.72. The van der Waals surface area contributed by atoms with Gasteiger partial charge in [0.15, 0.2) is 11.9 Å². The Morgan fingerprint density at radius 3 is 2.56 bits per heavy atom. The lowest BCUT2D eigenvalue weighted by atomic mass is 9.85. The van der Waals surface area contributed by atoms with E-state index in [9.17, 15) is 4.79 Å². The van der Waals surface area contributed by atoms with E-state index in [1.165, 1.54) is 17.3 Å². The molecule has 1 aliphatic carbocycles. The number of nitrogens with zero attached hydrogens (tertiary/aromatic N) is 2. The van der Waals surface area contributed by atoms with Crippen molar-refractivity contribution in [2.24, 2.45) is 0 Å². The number of nitrogen functional groups attached to an aromatic ring is 1. The maximum Gasteiger partial charge on any atom is 0.274 e. The first-order chi connectivity index (χ1) is 13.1. The van der Waals surface area contributed by atoms with E-state index in [-0.39, 0.29) is 0 Å².